The summed E-state index contributed by atoms with van der Waals surface area (Å²) in [5.74, 6) is 0.291. The van der Waals surface area contributed by atoms with Crippen LogP contribution in [0, 0.1) is 0 Å². The van der Waals surface area contributed by atoms with Crippen LogP contribution in [-0.2, 0) is 0 Å². The second-order valence-electron chi connectivity index (χ2n) is 3.00. The largest absolute Gasteiger partial charge is 0.508 e. The molecule has 1 atom stereocenters. The summed E-state index contributed by atoms with van der Waals surface area (Å²) < 4.78 is 0. The van der Waals surface area contributed by atoms with Crippen molar-refractivity contribution >= 4 is 11.6 Å². The fourth-order valence-corrected chi connectivity index (χ4v) is 1.53. The van der Waals surface area contributed by atoms with Crippen molar-refractivity contribution in [2.24, 2.45) is 0 Å². The predicted octanol–water partition coefficient (Wildman–Crippen LogP) is 2.08. The first-order chi connectivity index (χ1) is 5.77. The van der Waals surface area contributed by atoms with E-state index in [1.54, 1.807) is 12.1 Å². The van der Waals surface area contributed by atoms with Crippen LogP contribution in [0.2, 0.25) is 5.02 Å². The summed E-state index contributed by atoms with van der Waals surface area (Å²) >= 11 is 5.70. The van der Waals surface area contributed by atoms with Gasteiger partial charge in [0, 0.05) is 16.6 Å². The average molecular weight is 184 g/mol. The van der Waals surface area contributed by atoms with Gasteiger partial charge in [-0.05, 0) is 25.1 Å². The Bertz CT molecular complexity index is 297. The fraction of sp³-hybridized carbons (Fsp3) is 0.333. The minimum atomic E-state index is 0.291. The van der Waals surface area contributed by atoms with E-state index in [1.807, 2.05) is 6.07 Å². The Morgan fingerprint density at radius 1 is 1.50 bits per heavy atom. The molecule has 3 heteroatoms. The summed E-state index contributed by atoms with van der Waals surface area (Å²) in [7, 11) is 0. The van der Waals surface area contributed by atoms with E-state index in [9.17, 15) is 5.11 Å². The molecule has 0 bridgehead atoms. The van der Waals surface area contributed by atoms with E-state index in [1.165, 1.54) is 0 Å². The molecule has 0 amide bonds. The van der Waals surface area contributed by atoms with Crippen LogP contribution in [0.5, 0.6) is 5.75 Å². The van der Waals surface area contributed by atoms with E-state index >= 15 is 0 Å². The lowest BCUT2D eigenvalue weighted by Crippen LogP contribution is -2.34. The van der Waals surface area contributed by atoms with Gasteiger partial charge in [0.2, 0.25) is 0 Å². The number of rotatable bonds is 1. The van der Waals surface area contributed by atoms with Crippen molar-refractivity contribution in [2.45, 2.75) is 12.5 Å². The second kappa shape index (κ2) is 2.96. The molecule has 0 aliphatic carbocycles. The van der Waals surface area contributed by atoms with Crippen LogP contribution in [-0.4, -0.2) is 11.7 Å². The highest BCUT2D eigenvalue weighted by molar-refractivity contribution is 6.30. The van der Waals surface area contributed by atoms with Crippen LogP contribution >= 0.6 is 11.6 Å². The first kappa shape index (κ1) is 7.90. The molecular weight excluding hydrogens is 174 g/mol. The molecule has 12 heavy (non-hydrogen) atoms. The molecule has 0 spiro atoms. The van der Waals surface area contributed by atoms with Crippen molar-refractivity contribution in [1.82, 2.24) is 5.32 Å². The Morgan fingerprint density at radius 3 is 2.75 bits per heavy atom. The van der Waals surface area contributed by atoms with E-state index < -0.39 is 0 Å². The van der Waals surface area contributed by atoms with Crippen LogP contribution in [0.25, 0.3) is 0 Å². The van der Waals surface area contributed by atoms with Crippen molar-refractivity contribution in [1.29, 1.82) is 0 Å². The van der Waals surface area contributed by atoms with Crippen molar-refractivity contribution in [2.75, 3.05) is 6.54 Å². The maximum Gasteiger partial charge on any atom is 0.121 e. The summed E-state index contributed by atoms with van der Waals surface area (Å²) in [5.41, 5.74) is 0.950. The predicted molar refractivity (Wildman–Crippen MR) is 48.5 cm³/mol. The molecule has 0 aromatic heterocycles. The third-order valence-corrected chi connectivity index (χ3v) is 2.43. The first-order valence-electron chi connectivity index (χ1n) is 3.99. The number of nitrogens with one attached hydrogen (secondary N) is 1. The minimum absolute atomic E-state index is 0.291. The van der Waals surface area contributed by atoms with E-state index in [2.05, 4.69) is 5.32 Å². The Hall–Kier alpha value is -0.730. The lowest BCUT2D eigenvalue weighted by molar-refractivity contribution is 0.364. The SMILES string of the molecule is Oc1cc(Cl)ccc1C1CCN1. The number of hydrogen-bond donors (Lipinski definition) is 2. The smallest absolute Gasteiger partial charge is 0.121 e. The average Bonchev–Trinajstić information content (AvgIpc) is 1.91. The molecule has 64 valence electrons. The molecule has 2 rings (SSSR count). The standard InChI is InChI=1S/C9H10ClNO/c10-6-1-2-7(9(12)5-6)8-3-4-11-8/h1-2,5,8,11-12H,3-4H2. The van der Waals surface area contributed by atoms with Crippen LogP contribution in [0.3, 0.4) is 0 Å². The Kier molecular flexibility index (Phi) is 1.95. The number of halogens is 1. The number of phenols is 1. The van der Waals surface area contributed by atoms with Crippen LogP contribution in [0.1, 0.15) is 18.0 Å². The Balaban J connectivity index is 2.31. The van der Waals surface area contributed by atoms with Crippen molar-refractivity contribution in [3.05, 3.63) is 28.8 Å². The molecule has 1 aliphatic rings. The molecule has 1 aromatic rings. The lowest BCUT2D eigenvalue weighted by Gasteiger charge is -2.28. The quantitative estimate of drug-likeness (QED) is 0.699. The summed E-state index contributed by atoms with van der Waals surface area (Å²) in [4.78, 5) is 0. The van der Waals surface area contributed by atoms with Gasteiger partial charge in [-0.3, -0.25) is 0 Å². The van der Waals surface area contributed by atoms with Crippen molar-refractivity contribution in [3.8, 4) is 5.75 Å². The minimum Gasteiger partial charge on any atom is -0.508 e. The molecule has 2 N–H and O–H groups in total. The van der Waals surface area contributed by atoms with Gasteiger partial charge < -0.3 is 10.4 Å². The van der Waals surface area contributed by atoms with Gasteiger partial charge in [0.1, 0.15) is 5.75 Å². The van der Waals surface area contributed by atoms with E-state index in [4.69, 9.17) is 11.6 Å². The third kappa shape index (κ3) is 1.28. The first-order valence-corrected chi connectivity index (χ1v) is 4.37. The van der Waals surface area contributed by atoms with E-state index in [0.717, 1.165) is 18.5 Å². The van der Waals surface area contributed by atoms with Gasteiger partial charge in [-0.15, -0.1) is 0 Å². The normalized spacial score (nSPS) is 21.9. The molecule has 1 aliphatic heterocycles. The summed E-state index contributed by atoms with van der Waals surface area (Å²) in [5, 5.41) is 13.3. The molecule has 1 heterocycles. The van der Waals surface area contributed by atoms with Crippen LogP contribution in [0.15, 0.2) is 18.2 Å². The molecule has 0 saturated carbocycles. The molecule has 0 radical (unpaired) electrons. The Labute approximate surface area is 76.2 Å². The van der Waals surface area contributed by atoms with Gasteiger partial charge >= 0.3 is 0 Å². The Morgan fingerprint density at radius 2 is 2.25 bits per heavy atom. The van der Waals surface area contributed by atoms with Gasteiger partial charge in [0.15, 0.2) is 0 Å². The third-order valence-electron chi connectivity index (χ3n) is 2.19. The van der Waals surface area contributed by atoms with Gasteiger partial charge in [-0.1, -0.05) is 17.7 Å². The molecular formula is C9H10ClNO. The monoisotopic (exact) mass is 183 g/mol. The highest BCUT2D eigenvalue weighted by Crippen LogP contribution is 2.31. The van der Waals surface area contributed by atoms with Gasteiger partial charge in [-0.25, -0.2) is 0 Å². The zero-order valence-electron chi connectivity index (χ0n) is 6.55. The van der Waals surface area contributed by atoms with E-state index in [0.29, 0.717) is 16.8 Å². The molecule has 1 unspecified atom stereocenters. The van der Waals surface area contributed by atoms with E-state index in [-0.39, 0.29) is 0 Å². The number of benzene rings is 1. The maximum atomic E-state index is 9.50. The molecule has 1 saturated heterocycles. The highest BCUT2D eigenvalue weighted by Gasteiger charge is 2.20. The van der Waals surface area contributed by atoms with Crippen molar-refractivity contribution in [3.63, 3.8) is 0 Å². The summed E-state index contributed by atoms with van der Waals surface area (Å²) in [6.45, 7) is 1.03. The van der Waals surface area contributed by atoms with Gasteiger partial charge in [0.05, 0.1) is 0 Å². The van der Waals surface area contributed by atoms with Crippen molar-refractivity contribution < 1.29 is 5.11 Å². The topological polar surface area (TPSA) is 32.3 Å². The van der Waals surface area contributed by atoms with Gasteiger partial charge in [-0.2, -0.15) is 0 Å². The molecule has 1 fully saturated rings. The summed E-state index contributed by atoms with van der Waals surface area (Å²) in [6, 6.07) is 5.57. The zero-order chi connectivity index (χ0) is 8.55. The highest BCUT2D eigenvalue weighted by atomic mass is 35.5. The fourth-order valence-electron chi connectivity index (χ4n) is 1.37. The maximum absolute atomic E-state index is 9.50. The molecule has 2 nitrogen and oxygen atoms in total. The van der Waals surface area contributed by atoms with Crippen LogP contribution in [0.4, 0.5) is 0 Å². The summed E-state index contributed by atoms with van der Waals surface area (Å²) in [6.07, 6.45) is 1.09. The number of aromatic hydroxyl groups is 1. The second-order valence-corrected chi connectivity index (χ2v) is 3.43. The van der Waals surface area contributed by atoms with Crippen LogP contribution < -0.4 is 5.32 Å². The number of hydrogen-bond acceptors (Lipinski definition) is 2. The lowest BCUT2D eigenvalue weighted by atomic mass is 9.97. The number of phenolic OH excluding ortho intramolecular Hbond substituents is 1. The van der Waals surface area contributed by atoms with Gasteiger partial charge in [0.25, 0.3) is 0 Å². The molecule has 1 aromatic carbocycles. The zero-order valence-corrected chi connectivity index (χ0v) is 7.30.